The van der Waals surface area contributed by atoms with E-state index in [2.05, 4.69) is 22.2 Å². The number of non-ortho nitro benzene ring substituents is 1. The van der Waals surface area contributed by atoms with Crippen molar-refractivity contribution >= 4 is 11.6 Å². The minimum absolute atomic E-state index is 0.0142. The molecule has 1 atom stereocenters. The lowest BCUT2D eigenvalue weighted by atomic mass is 10.0. The van der Waals surface area contributed by atoms with Crippen LogP contribution in [0.2, 0.25) is 0 Å². The molecular formula is C18H23N5O3. The van der Waals surface area contributed by atoms with Crippen LogP contribution in [0.15, 0.2) is 36.5 Å². The average molecular weight is 357 g/mol. The molecule has 1 saturated heterocycles. The number of piperidine rings is 1. The number of nitro benzene ring substituents is 1. The van der Waals surface area contributed by atoms with Crippen molar-refractivity contribution in [2.45, 2.75) is 32.2 Å². The minimum Gasteiger partial charge on any atom is -0.349 e. The molecule has 0 saturated carbocycles. The van der Waals surface area contributed by atoms with Gasteiger partial charge in [-0.05, 0) is 38.4 Å². The number of rotatable bonds is 6. The number of hydrogen-bond donors (Lipinski definition) is 1. The lowest BCUT2D eigenvalue weighted by Crippen LogP contribution is -2.42. The van der Waals surface area contributed by atoms with Crippen molar-refractivity contribution < 1.29 is 9.72 Å². The van der Waals surface area contributed by atoms with Crippen LogP contribution in [0, 0.1) is 10.1 Å². The Kier molecular flexibility index (Phi) is 5.62. The largest absolute Gasteiger partial charge is 0.349 e. The SMILES string of the molecule is CC1CCCCN1CCNC(=O)c1ccn(-c2cccc([N+](=O)[O-])c2)n1. The highest BCUT2D eigenvalue weighted by molar-refractivity contribution is 5.92. The third kappa shape index (κ3) is 4.26. The molecule has 138 valence electrons. The van der Waals surface area contributed by atoms with Crippen molar-refractivity contribution in [2.24, 2.45) is 0 Å². The van der Waals surface area contributed by atoms with Gasteiger partial charge in [-0.1, -0.05) is 12.5 Å². The van der Waals surface area contributed by atoms with Crippen molar-refractivity contribution in [2.75, 3.05) is 19.6 Å². The van der Waals surface area contributed by atoms with Crippen molar-refractivity contribution in [3.05, 3.63) is 52.3 Å². The first kappa shape index (κ1) is 18.1. The highest BCUT2D eigenvalue weighted by Crippen LogP contribution is 2.17. The summed E-state index contributed by atoms with van der Waals surface area (Å²) in [6.07, 6.45) is 5.33. The van der Waals surface area contributed by atoms with E-state index in [9.17, 15) is 14.9 Å². The van der Waals surface area contributed by atoms with Crippen LogP contribution in [0.1, 0.15) is 36.7 Å². The Morgan fingerprint density at radius 2 is 2.23 bits per heavy atom. The van der Waals surface area contributed by atoms with Crippen LogP contribution < -0.4 is 5.32 Å². The average Bonchev–Trinajstić information content (AvgIpc) is 3.13. The topological polar surface area (TPSA) is 93.3 Å². The van der Waals surface area contributed by atoms with Gasteiger partial charge in [0.2, 0.25) is 0 Å². The summed E-state index contributed by atoms with van der Waals surface area (Å²) in [5, 5.41) is 18.0. The van der Waals surface area contributed by atoms with Gasteiger partial charge in [0, 0.05) is 37.5 Å². The maximum Gasteiger partial charge on any atom is 0.271 e. The predicted molar refractivity (Wildman–Crippen MR) is 97.4 cm³/mol. The number of nitro groups is 1. The zero-order valence-electron chi connectivity index (χ0n) is 14.8. The molecular weight excluding hydrogens is 334 g/mol. The Bertz CT molecular complexity index is 789. The summed E-state index contributed by atoms with van der Waals surface area (Å²) in [6.45, 7) is 4.71. The zero-order chi connectivity index (χ0) is 18.5. The van der Waals surface area contributed by atoms with Crippen molar-refractivity contribution in [3.63, 3.8) is 0 Å². The van der Waals surface area contributed by atoms with Crippen LogP contribution in [0.4, 0.5) is 5.69 Å². The van der Waals surface area contributed by atoms with Crippen LogP contribution in [-0.2, 0) is 0 Å². The maximum absolute atomic E-state index is 12.3. The summed E-state index contributed by atoms with van der Waals surface area (Å²) in [6, 6.07) is 8.31. The van der Waals surface area contributed by atoms with Gasteiger partial charge >= 0.3 is 0 Å². The molecule has 1 aromatic heterocycles. The van der Waals surface area contributed by atoms with Gasteiger partial charge in [-0.2, -0.15) is 5.10 Å². The third-order valence-corrected chi connectivity index (χ3v) is 4.75. The normalized spacial score (nSPS) is 17.8. The van der Waals surface area contributed by atoms with Gasteiger partial charge in [0.05, 0.1) is 10.6 Å². The van der Waals surface area contributed by atoms with Crippen LogP contribution in [-0.4, -0.2) is 51.2 Å². The Balaban J connectivity index is 1.58. The molecule has 1 aliphatic heterocycles. The van der Waals surface area contributed by atoms with Crippen molar-refractivity contribution in [3.8, 4) is 5.69 Å². The molecule has 0 radical (unpaired) electrons. The summed E-state index contributed by atoms with van der Waals surface area (Å²) < 4.78 is 1.47. The first-order valence-electron chi connectivity index (χ1n) is 8.87. The Hall–Kier alpha value is -2.74. The molecule has 8 heteroatoms. The highest BCUT2D eigenvalue weighted by atomic mass is 16.6. The third-order valence-electron chi connectivity index (χ3n) is 4.75. The number of benzene rings is 1. The second-order valence-electron chi connectivity index (χ2n) is 6.56. The first-order chi connectivity index (χ1) is 12.5. The molecule has 2 heterocycles. The molecule has 0 aliphatic carbocycles. The quantitative estimate of drug-likeness (QED) is 0.633. The summed E-state index contributed by atoms with van der Waals surface area (Å²) in [7, 11) is 0. The number of aromatic nitrogens is 2. The Morgan fingerprint density at radius 1 is 1.38 bits per heavy atom. The van der Waals surface area contributed by atoms with Crippen molar-refractivity contribution in [1.29, 1.82) is 0 Å². The summed E-state index contributed by atoms with van der Waals surface area (Å²) in [4.78, 5) is 25.1. The number of nitrogens with zero attached hydrogens (tertiary/aromatic N) is 4. The van der Waals surface area contributed by atoms with Crippen molar-refractivity contribution in [1.82, 2.24) is 20.0 Å². The lowest BCUT2D eigenvalue weighted by Gasteiger charge is -2.33. The molecule has 26 heavy (non-hydrogen) atoms. The first-order valence-corrected chi connectivity index (χ1v) is 8.87. The molecule has 1 aliphatic rings. The Labute approximate surface area is 151 Å². The molecule has 1 unspecified atom stereocenters. The van der Waals surface area contributed by atoms with E-state index in [0.717, 1.165) is 13.1 Å². The molecule has 1 N–H and O–H groups in total. The van der Waals surface area contributed by atoms with Crippen LogP contribution in [0.5, 0.6) is 0 Å². The van der Waals surface area contributed by atoms with Gasteiger partial charge in [-0.25, -0.2) is 4.68 Å². The highest BCUT2D eigenvalue weighted by Gasteiger charge is 2.18. The van der Waals surface area contributed by atoms with Gasteiger partial charge < -0.3 is 5.32 Å². The molecule has 0 bridgehead atoms. The second-order valence-corrected chi connectivity index (χ2v) is 6.56. The molecule has 2 aromatic rings. The molecule has 0 spiro atoms. The van der Waals surface area contributed by atoms with E-state index in [1.807, 2.05) is 0 Å². The van der Waals surface area contributed by atoms with E-state index in [-0.39, 0.29) is 11.6 Å². The summed E-state index contributed by atoms with van der Waals surface area (Å²) in [5.41, 5.74) is 0.822. The van der Waals surface area contributed by atoms with Gasteiger partial charge in [0.25, 0.3) is 11.6 Å². The van der Waals surface area contributed by atoms with Crippen LogP contribution in [0.25, 0.3) is 5.69 Å². The number of nitrogens with one attached hydrogen (secondary N) is 1. The fourth-order valence-corrected chi connectivity index (χ4v) is 3.23. The molecule has 1 amide bonds. The molecule has 8 nitrogen and oxygen atoms in total. The van der Waals surface area contributed by atoms with Gasteiger partial charge in [-0.3, -0.25) is 19.8 Å². The maximum atomic E-state index is 12.3. The van der Waals surface area contributed by atoms with Gasteiger partial charge in [0.15, 0.2) is 5.69 Å². The van der Waals surface area contributed by atoms with E-state index in [1.54, 1.807) is 24.4 Å². The fraction of sp³-hybridized carbons (Fsp3) is 0.444. The minimum atomic E-state index is -0.456. The Morgan fingerprint density at radius 3 is 3.00 bits per heavy atom. The number of carbonyl (C=O) groups excluding carboxylic acids is 1. The van der Waals surface area contributed by atoms with Crippen LogP contribution in [0.3, 0.4) is 0 Å². The van der Waals surface area contributed by atoms with Gasteiger partial charge in [0.1, 0.15) is 0 Å². The van der Waals surface area contributed by atoms with E-state index < -0.39 is 4.92 Å². The van der Waals surface area contributed by atoms with E-state index >= 15 is 0 Å². The summed E-state index contributed by atoms with van der Waals surface area (Å²) in [5.74, 6) is -0.237. The number of likely N-dealkylation sites (tertiary alicyclic amines) is 1. The van der Waals surface area contributed by atoms with E-state index in [1.165, 1.54) is 36.1 Å². The number of amides is 1. The van der Waals surface area contributed by atoms with E-state index in [0.29, 0.717) is 24.0 Å². The molecule has 1 fully saturated rings. The lowest BCUT2D eigenvalue weighted by molar-refractivity contribution is -0.384. The van der Waals surface area contributed by atoms with Gasteiger partial charge in [-0.15, -0.1) is 0 Å². The molecule has 1 aromatic carbocycles. The smallest absolute Gasteiger partial charge is 0.271 e. The summed E-state index contributed by atoms with van der Waals surface area (Å²) >= 11 is 0. The second kappa shape index (κ2) is 8.09. The predicted octanol–water partition coefficient (Wildman–Crippen LogP) is 2.38. The fourth-order valence-electron chi connectivity index (χ4n) is 3.23. The number of hydrogen-bond acceptors (Lipinski definition) is 5. The zero-order valence-corrected chi connectivity index (χ0v) is 14.8. The number of carbonyl (C=O) groups is 1. The van der Waals surface area contributed by atoms with Crippen LogP contribution >= 0.6 is 0 Å². The monoisotopic (exact) mass is 357 g/mol. The van der Waals surface area contributed by atoms with E-state index in [4.69, 9.17) is 0 Å². The standard InChI is InChI=1S/C18H23N5O3/c1-14-5-2-3-10-21(14)12-9-19-18(24)17-8-11-22(20-17)15-6-4-7-16(13-15)23(25)26/h4,6-8,11,13-14H,2-3,5,9-10,12H2,1H3,(H,19,24). The molecule has 3 rings (SSSR count).